The molecule has 4 N–H and O–H groups in total. The third-order valence-corrected chi connectivity index (χ3v) is 2.92. The summed E-state index contributed by atoms with van der Waals surface area (Å²) >= 11 is 0. The molecule has 0 aliphatic rings. The Balaban J connectivity index is 0.000000599. The number of carboxylic acid groups (broad SMARTS) is 2. The number of aliphatic carboxylic acids is 2. The van der Waals surface area contributed by atoms with Crippen molar-refractivity contribution in [2.45, 2.75) is 12.1 Å². The molecule has 6 nitrogen and oxygen atoms in total. The zero-order valence-electron chi connectivity index (χ0n) is 12.0. The van der Waals surface area contributed by atoms with Crippen LogP contribution < -0.4 is 21.7 Å². The van der Waals surface area contributed by atoms with E-state index in [9.17, 15) is 0 Å². The summed E-state index contributed by atoms with van der Waals surface area (Å²) in [7, 11) is 0. The van der Waals surface area contributed by atoms with Crippen molar-refractivity contribution < 1.29 is 40.9 Å². The molecule has 0 aromatic heterocycles. The molecule has 2 aromatic rings. The summed E-state index contributed by atoms with van der Waals surface area (Å²) in [6.07, 6.45) is 0. The van der Waals surface area contributed by atoms with Crippen molar-refractivity contribution in [1.29, 1.82) is 0 Å². The fourth-order valence-electron chi connectivity index (χ4n) is 1.77. The molecule has 124 valence electrons. The maximum Gasteiger partial charge on any atom is 2.00 e. The summed E-state index contributed by atoms with van der Waals surface area (Å²) in [6.45, 7) is 0. The van der Waals surface area contributed by atoms with Crippen molar-refractivity contribution in [3.05, 3.63) is 71.8 Å². The van der Waals surface area contributed by atoms with E-state index in [1.54, 1.807) is 0 Å². The van der Waals surface area contributed by atoms with E-state index in [2.05, 4.69) is 0 Å². The van der Waals surface area contributed by atoms with E-state index < -0.39 is 11.9 Å². The second-order valence-corrected chi connectivity index (χ2v) is 4.45. The van der Waals surface area contributed by atoms with E-state index in [0.29, 0.717) is 0 Å². The van der Waals surface area contributed by atoms with Gasteiger partial charge in [0.2, 0.25) is 0 Å². The molecule has 0 spiro atoms. The zero-order valence-corrected chi connectivity index (χ0v) is 14.3. The predicted octanol–water partition coefficient (Wildman–Crippen LogP) is -1.13. The quantitative estimate of drug-likeness (QED) is 0.518. The van der Waals surface area contributed by atoms with Gasteiger partial charge in [-0.05, 0) is 11.1 Å². The Morgan fingerprint density at radius 2 is 0.957 bits per heavy atom. The molecule has 2 rings (SSSR count). The van der Waals surface area contributed by atoms with Gasteiger partial charge in [-0.1, -0.05) is 60.7 Å². The number of carbonyl (C=O) groups excluding carboxylic acids is 2. The summed E-state index contributed by atoms with van der Waals surface area (Å²) in [5, 5.41) is 17.9. The summed E-state index contributed by atoms with van der Waals surface area (Å²) in [6, 6.07) is 19.6. The van der Waals surface area contributed by atoms with E-state index in [1.807, 2.05) is 60.7 Å². The van der Waals surface area contributed by atoms with E-state index in [4.69, 9.17) is 31.3 Å². The predicted molar refractivity (Wildman–Crippen MR) is 76.8 cm³/mol. The van der Waals surface area contributed by atoms with Crippen LogP contribution in [0.5, 0.6) is 0 Å². The fourth-order valence-corrected chi connectivity index (χ4v) is 1.77. The van der Waals surface area contributed by atoms with Crippen LogP contribution in [-0.4, -0.2) is 11.9 Å². The molecule has 0 radical (unpaired) electrons. The molecule has 0 amide bonds. The minimum atomic E-state index is -2.19. The van der Waals surface area contributed by atoms with Crippen molar-refractivity contribution in [2.24, 2.45) is 11.5 Å². The monoisotopic (exact) mass is 495 g/mol. The number of carboxylic acids is 2. The van der Waals surface area contributed by atoms with Crippen molar-refractivity contribution in [3.63, 3.8) is 0 Å². The topological polar surface area (TPSA) is 132 Å². The van der Waals surface area contributed by atoms with E-state index in [-0.39, 0.29) is 33.1 Å². The average Bonchev–Trinajstić information content (AvgIpc) is 2.55. The van der Waals surface area contributed by atoms with Gasteiger partial charge in [0.05, 0.1) is 11.9 Å². The maximum atomic E-state index is 8.93. The molecule has 0 aliphatic heterocycles. The molecule has 0 bridgehead atoms. The first-order valence-corrected chi connectivity index (χ1v) is 6.47. The van der Waals surface area contributed by atoms with Crippen LogP contribution in [0, 0.1) is 0 Å². The molecule has 23 heavy (non-hydrogen) atoms. The molecule has 2 unspecified atom stereocenters. The molecule has 2 atom stereocenters. The third-order valence-electron chi connectivity index (χ3n) is 2.92. The molecule has 0 saturated carbocycles. The van der Waals surface area contributed by atoms with Gasteiger partial charge in [-0.25, -0.2) is 0 Å². The fraction of sp³-hybridized carbons (Fsp3) is 0.125. The molecule has 0 fully saturated rings. The summed E-state index contributed by atoms with van der Waals surface area (Å²) in [5.41, 5.74) is 14.4. The Bertz CT molecular complexity index is 552. The Morgan fingerprint density at radius 1 is 0.696 bits per heavy atom. The molecular formula is C16H16N2O4Pt. The van der Waals surface area contributed by atoms with Crippen LogP contribution in [0.2, 0.25) is 0 Å². The Morgan fingerprint density at radius 3 is 1.17 bits per heavy atom. The molecule has 0 aliphatic carbocycles. The minimum absolute atomic E-state index is 0. The normalized spacial score (nSPS) is 11.9. The van der Waals surface area contributed by atoms with Gasteiger partial charge in [-0.3, -0.25) is 0 Å². The Kier molecular flexibility index (Phi) is 9.74. The van der Waals surface area contributed by atoms with Crippen molar-refractivity contribution in [3.8, 4) is 0 Å². The third kappa shape index (κ3) is 7.19. The van der Waals surface area contributed by atoms with Crippen molar-refractivity contribution >= 4 is 11.9 Å². The van der Waals surface area contributed by atoms with Gasteiger partial charge in [0.25, 0.3) is 0 Å². The maximum absolute atomic E-state index is 8.93. The van der Waals surface area contributed by atoms with Crippen LogP contribution in [0.4, 0.5) is 0 Å². The molecule has 0 heterocycles. The largest absolute Gasteiger partial charge is 2.00 e. The van der Waals surface area contributed by atoms with Crippen LogP contribution in [0.25, 0.3) is 0 Å². The number of hydrogen-bond acceptors (Lipinski definition) is 6. The van der Waals surface area contributed by atoms with Crippen LogP contribution in [0.3, 0.4) is 0 Å². The molecule has 0 saturated heterocycles. The first kappa shape index (κ1) is 21.0. The first-order valence-electron chi connectivity index (χ1n) is 6.47. The number of hydrogen-bond donors (Lipinski definition) is 2. The Labute approximate surface area is 148 Å². The molecule has 7 heteroatoms. The standard InChI is InChI=1S/C14H16N2.C2H2O4.Pt/c15-13(11-7-3-1-4-8-11)14(16)12-9-5-2-6-10-12;3-1(4)2(5)6;/h1-10,13-14H,15-16H2;(H,3,4)(H,5,6);/q;;+2/p-2. The van der Waals surface area contributed by atoms with Gasteiger partial charge < -0.3 is 31.3 Å². The van der Waals surface area contributed by atoms with Gasteiger partial charge in [-0.15, -0.1) is 0 Å². The minimum Gasteiger partial charge on any atom is -0.543 e. The second-order valence-electron chi connectivity index (χ2n) is 4.45. The van der Waals surface area contributed by atoms with Gasteiger partial charge in [-0.2, -0.15) is 0 Å². The van der Waals surface area contributed by atoms with Crippen LogP contribution in [-0.2, 0) is 30.7 Å². The molecular weight excluding hydrogens is 479 g/mol. The van der Waals surface area contributed by atoms with Crippen molar-refractivity contribution in [1.82, 2.24) is 0 Å². The van der Waals surface area contributed by atoms with Gasteiger partial charge in [0.1, 0.15) is 0 Å². The smallest absolute Gasteiger partial charge is 0.543 e. The van der Waals surface area contributed by atoms with E-state index in [1.165, 1.54) is 0 Å². The Hall–Kier alpha value is -2.01. The summed E-state index contributed by atoms with van der Waals surface area (Å²) < 4.78 is 0. The number of carbonyl (C=O) groups is 2. The molecule has 2 aromatic carbocycles. The van der Waals surface area contributed by atoms with Gasteiger partial charge >= 0.3 is 21.1 Å². The zero-order chi connectivity index (χ0) is 16.5. The first-order chi connectivity index (χ1) is 10.4. The second kappa shape index (κ2) is 10.7. The van der Waals surface area contributed by atoms with E-state index >= 15 is 0 Å². The van der Waals surface area contributed by atoms with Gasteiger partial charge in [0.15, 0.2) is 0 Å². The van der Waals surface area contributed by atoms with Crippen LogP contribution >= 0.6 is 0 Å². The van der Waals surface area contributed by atoms with Crippen LogP contribution in [0.15, 0.2) is 60.7 Å². The average molecular weight is 495 g/mol. The van der Waals surface area contributed by atoms with Crippen molar-refractivity contribution in [2.75, 3.05) is 0 Å². The summed E-state index contributed by atoms with van der Waals surface area (Å²) in [4.78, 5) is 17.9. The number of benzene rings is 2. The van der Waals surface area contributed by atoms with E-state index in [0.717, 1.165) is 11.1 Å². The summed E-state index contributed by atoms with van der Waals surface area (Å²) in [5.74, 6) is -4.37. The number of rotatable bonds is 3. The van der Waals surface area contributed by atoms with Gasteiger partial charge in [0, 0.05) is 12.1 Å². The van der Waals surface area contributed by atoms with Crippen LogP contribution in [0.1, 0.15) is 23.2 Å². The number of nitrogens with two attached hydrogens (primary N) is 2. The SMILES string of the molecule is NC(c1ccccc1)C(N)c1ccccc1.O=C([O-])C(=O)[O-].[Pt+2].